The molecule has 3 rings (SSSR count). The lowest BCUT2D eigenvalue weighted by molar-refractivity contribution is -0.144. The van der Waals surface area contributed by atoms with E-state index in [1.807, 2.05) is 62.4 Å². The Bertz CT molecular complexity index is 1070. The quantitative estimate of drug-likeness (QED) is 0.402. The first-order valence-corrected chi connectivity index (χ1v) is 10.1. The Balaban J connectivity index is 1.46. The van der Waals surface area contributed by atoms with Crippen molar-refractivity contribution in [2.75, 3.05) is 5.32 Å². The van der Waals surface area contributed by atoms with E-state index in [-0.39, 0.29) is 31.1 Å². The van der Waals surface area contributed by atoms with Crippen LogP contribution in [0.5, 0.6) is 0 Å². The van der Waals surface area contributed by atoms with Crippen molar-refractivity contribution >= 4 is 23.3 Å². The van der Waals surface area contributed by atoms with Crippen LogP contribution in [0.1, 0.15) is 50.2 Å². The van der Waals surface area contributed by atoms with E-state index in [9.17, 15) is 14.4 Å². The van der Waals surface area contributed by atoms with E-state index in [2.05, 4.69) is 5.32 Å². The lowest BCUT2D eigenvalue weighted by atomic mass is 9.99. The second-order valence-electron chi connectivity index (χ2n) is 7.42. The van der Waals surface area contributed by atoms with Gasteiger partial charge in [0.05, 0.1) is 6.42 Å². The Morgan fingerprint density at radius 2 is 1.55 bits per heavy atom. The first-order chi connectivity index (χ1) is 14.9. The first-order valence-electron chi connectivity index (χ1n) is 10.1. The van der Waals surface area contributed by atoms with Crippen molar-refractivity contribution in [2.45, 2.75) is 33.3 Å². The van der Waals surface area contributed by atoms with Crippen LogP contribution in [0, 0.1) is 13.8 Å². The van der Waals surface area contributed by atoms with E-state index in [0.717, 1.165) is 22.4 Å². The van der Waals surface area contributed by atoms with Crippen LogP contribution in [-0.4, -0.2) is 17.7 Å². The molecule has 0 heterocycles. The summed E-state index contributed by atoms with van der Waals surface area (Å²) in [5.74, 6) is -0.698. The highest BCUT2D eigenvalue weighted by Crippen LogP contribution is 2.15. The third-order valence-electron chi connectivity index (χ3n) is 4.90. The minimum atomic E-state index is -0.426. The van der Waals surface area contributed by atoms with Gasteiger partial charge in [0, 0.05) is 23.2 Å². The van der Waals surface area contributed by atoms with Crippen LogP contribution >= 0.6 is 0 Å². The largest absolute Gasteiger partial charge is 0.461 e. The Morgan fingerprint density at radius 3 is 2.26 bits per heavy atom. The topological polar surface area (TPSA) is 72.5 Å². The van der Waals surface area contributed by atoms with Gasteiger partial charge in [0.2, 0.25) is 0 Å². The Hall–Kier alpha value is -3.73. The van der Waals surface area contributed by atoms with Crippen molar-refractivity contribution in [3.05, 3.63) is 101 Å². The molecule has 31 heavy (non-hydrogen) atoms. The molecule has 1 amide bonds. The molecule has 0 atom stereocenters. The molecule has 158 valence electrons. The third-order valence-corrected chi connectivity index (χ3v) is 4.90. The zero-order valence-electron chi connectivity index (χ0n) is 17.7. The molecule has 0 aliphatic carbocycles. The second kappa shape index (κ2) is 10.3. The van der Waals surface area contributed by atoms with E-state index in [4.69, 9.17) is 4.74 Å². The van der Waals surface area contributed by atoms with Gasteiger partial charge in [0.1, 0.15) is 6.61 Å². The summed E-state index contributed by atoms with van der Waals surface area (Å²) in [6.45, 7) is 3.91. The maximum Gasteiger partial charge on any atom is 0.306 e. The summed E-state index contributed by atoms with van der Waals surface area (Å²) in [5.41, 5.74) is 4.57. The lowest BCUT2D eigenvalue weighted by Gasteiger charge is -2.08. The molecule has 0 radical (unpaired) electrons. The predicted molar refractivity (Wildman–Crippen MR) is 120 cm³/mol. The van der Waals surface area contributed by atoms with E-state index >= 15 is 0 Å². The molecule has 0 unspecified atom stereocenters. The molecule has 0 bridgehead atoms. The molecule has 0 saturated heterocycles. The van der Waals surface area contributed by atoms with Crippen molar-refractivity contribution in [1.29, 1.82) is 0 Å². The summed E-state index contributed by atoms with van der Waals surface area (Å²) in [4.78, 5) is 36.7. The normalized spacial score (nSPS) is 10.4. The number of nitrogens with one attached hydrogen (secondary N) is 1. The molecule has 1 N–H and O–H groups in total. The van der Waals surface area contributed by atoms with Gasteiger partial charge in [0.25, 0.3) is 5.91 Å². The molecule has 0 aliphatic rings. The van der Waals surface area contributed by atoms with Gasteiger partial charge in [-0.3, -0.25) is 14.4 Å². The van der Waals surface area contributed by atoms with Gasteiger partial charge in [-0.15, -0.1) is 0 Å². The Morgan fingerprint density at radius 1 is 0.839 bits per heavy atom. The molecule has 0 aromatic heterocycles. The summed E-state index contributed by atoms with van der Waals surface area (Å²) in [5, 5.41) is 2.82. The number of Topliss-reactive ketones (excluding diaryl/α,β-unsaturated/α-hetero) is 1. The second-order valence-corrected chi connectivity index (χ2v) is 7.42. The van der Waals surface area contributed by atoms with Gasteiger partial charge in [-0.1, -0.05) is 48.0 Å². The molecule has 0 fully saturated rings. The van der Waals surface area contributed by atoms with Crippen molar-refractivity contribution in [1.82, 2.24) is 0 Å². The molecule has 0 aliphatic heterocycles. The minimum absolute atomic E-state index is 0.0315. The highest BCUT2D eigenvalue weighted by molar-refractivity contribution is 6.04. The van der Waals surface area contributed by atoms with Gasteiger partial charge < -0.3 is 10.1 Å². The molecular formula is C26H25NO4. The zero-order chi connectivity index (χ0) is 22.2. The highest BCUT2D eigenvalue weighted by Gasteiger charge is 2.13. The lowest BCUT2D eigenvalue weighted by Crippen LogP contribution is -2.12. The van der Waals surface area contributed by atoms with Crippen molar-refractivity contribution in [2.24, 2.45) is 0 Å². The van der Waals surface area contributed by atoms with E-state index in [0.29, 0.717) is 11.1 Å². The standard InChI is InChI=1S/C26H25NO4/c1-18-8-9-19(2)23(16-18)24(28)14-15-25(29)31-17-20-10-12-21(13-11-20)26(30)27-22-6-4-3-5-7-22/h3-13,16H,14-15,17H2,1-2H3,(H,27,30). The minimum Gasteiger partial charge on any atom is -0.461 e. The van der Waals surface area contributed by atoms with Crippen molar-refractivity contribution in [3.63, 3.8) is 0 Å². The summed E-state index contributed by atoms with van der Waals surface area (Å²) in [6.07, 6.45) is 0.144. The number of carbonyl (C=O) groups excluding carboxylic acids is 3. The van der Waals surface area contributed by atoms with Gasteiger partial charge in [-0.25, -0.2) is 0 Å². The number of benzene rings is 3. The highest BCUT2D eigenvalue weighted by atomic mass is 16.5. The monoisotopic (exact) mass is 415 g/mol. The number of para-hydroxylation sites is 1. The molecular weight excluding hydrogens is 390 g/mol. The van der Waals surface area contributed by atoms with Crippen LogP contribution in [0.2, 0.25) is 0 Å². The van der Waals surface area contributed by atoms with Gasteiger partial charge in [-0.05, 0) is 55.3 Å². The summed E-state index contributed by atoms with van der Waals surface area (Å²) in [6, 6.07) is 21.8. The van der Waals surface area contributed by atoms with Crippen LogP contribution in [0.3, 0.4) is 0 Å². The SMILES string of the molecule is Cc1ccc(C)c(C(=O)CCC(=O)OCc2ccc(C(=O)Nc3ccccc3)cc2)c1. The molecule has 0 spiro atoms. The Labute approximate surface area is 182 Å². The number of carbonyl (C=O) groups is 3. The fourth-order valence-electron chi connectivity index (χ4n) is 3.10. The number of hydrogen-bond donors (Lipinski definition) is 1. The maximum absolute atomic E-state index is 12.4. The molecule has 0 saturated carbocycles. The van der Waals surface area contributed by atoms with Gasteiger partial charge >= 0.3 is 5.97 Å². The number of amides is 1. The number of anilines is 1. The van der Waals surface area contributed by atoms with Crippen molar-refractivity contribution < 1.29 is 19.1 Å². The Kier molecular flexibility index (Phi) is 7.33. The number of rotatable bonds is 8. The van der Waals surface area contributed by atoms with Crippen LogP contribution < -0.4 is 5.32 Å². The van der Waals surface area contributed by atoms with Crippen LogP contribution in [0.4, 0.5) is 5.69 Å². The fraction of sp³-hybridized carbons (Fsp3) is 0.192. The van der Waals surface area contributed by atoms with Crippen LogP contribution in [0.15, 0.2) is 72.8 Å². The molecule has 5 nitrogen and oxygen atoms in total. The average molecular weight is 415 g/mol. The van der Waals surface area contributed by atoms with E-state index in [1.54, 1.807) is 24.3 Å². The number of esters is 1. The number of aryl methyl sites for hydroxylation is 2. The number of hydrogen-bond acceptors (Lipinski definition) is 4. The van der Waals surface area contributed by atoms with Crippen LogP contribution in [0.25, 0.3) is 0 Å². The first kappa shape index (κ1) is 22.0. The summed E-state index contributed by atoms with van der Waals surface area (Å²) < 4.78 is 5.27. The van der Waals surface area contributed by atoms with E-state index in [1.165, 1.54) is 0 Å². The number of ether oxygens (including phenoxy) is 1. The van der Waals surface area contributed by atoms with Crippen LogP contribution in [-0.2, 0) is 16.1 Å². The zero-order valence-corrected chi connectivity index (χ0v) is 17.7. The van der Waals surface area contributed by atoms with Crippen molar-refractivity contribution in [3.8, 4) is 0 Å². The smallest absolute Gasteiger partial charge is 0.306 e. The fourth-order valence-corrected chi connectivity index (χ4v) is 3.10. The third kappa shape index (κ3) is 6.37. The average Bonchev–Trinajstić information content (AvgIpc) is 2.78. The van der Waals surface area contributed by atoms with E-state index < -0.39 is 5.97 Å². The summed E-state index contributed by atoms with van der Waals surface area (Å²) in [7, 11) is 0. The van der Waals surface area contributed by atoms with Gasteiger partial charge in [-0.2, -0.15) is 0 Å². The number of ketones is 1. The van der Waals surface area contributed by atoms with Gasteiger partial charge in [0.15, 0.2) is 5.78 Å². The molecule has 3 aromatic carbocycles. The maximum atomic E-state index is 12.4. The predicted octanol–water partition coefficient (Wildman–Crippen LogP) is 5.26. The molecule has 5 heteroatoms. The molecule has 3 aromatic rings. The summed E-state index contributed by atoms with van der Waals surface area (Å²) >= 11 is 0.